The van der Waals surface area contributed by atoms with Gasteiger partial charge in [0.25, 0.3) is 0 Å². The minimum atomic E-state index is 0.366. The summed E-state index contributed by atoms with van der Waals surface area (Å²) < 4.78 is 0. The van der Waals surface area contributed by atoms with Crippen molar-refractivity contribution >= 4 is 0 Å². The fourth-order valence-electron chi connectivity index (χ4n) is 0.474. The molecule has 42 valence electrons. The van der Waals surface area contributed by atoms with Crippen molar-refractivity contribution in [2.45, 2.75) is 20.3 Å². The molecule has 1 unspecified atom stereocenters. The highest BCUT2D eigenvalue weighted by Gasteiger charge is 1.88. The predicted molar refractivity (Wildman–Crippen MR) is 36.1 cm³/mol. The molecular formula is C8H10. The van der Waals surface area contributed by atoms with Crippen molar-refractivity contribution in [3.63, 3.8) is 0 Å². The molecule has 0 amide bonds. The highest BCUT2D eigenvalue weighted by Crippen LogP contribution is 1.95. The molecule has 1 atom stereocenters. The summed E-state index contributed by atoms with van der Waals surface area (Å²) in [6.45, 7) is 3.85. The van der Waals surface area contributed by atoms with Crippen LogP contribution in [0.1, 0.15) is 20.3 Å². The van der Waals surface area contributed by atoms with Crippen LogP contribution < -0.4 is 0 Å². The zero-order valence-electron chi connectivity index (χ0n) is 5.36. The molecule has 0 aromatic heterocycles. The zero-order chi connectivity index (χ0) is 6.41. The molecule has 0 aliphatic heterocycles. The molecule has 0 aliphatic carbocycles. The first-order valence-corrected chi connectivity index (χ1v) is 2.67. The van der Waals surface area contributed by atoms with E-state index in [0.717, 1.165) is 6.42 Å². The Labute approximate surface area is 51.3 Å². The Kier molecular flexibility index (Phi) is 3.81. The molecule has 0 spiro atoms. The third kappa shape index (κ3) is 3.32. The Morgan fingerprint density at radius 3 is 2.62 bits per heavy atom. The van der Waals surface area contributed by atoms with Crippen LogP contribution in [0.2, 0.25) is 0 Å². The van der Waals surface area contributed by atoms with E-state index in [4.69, 9.17) is 6.42 Å². The molecule has 0 saturated heterocycles. The number of hydrogen-bond acceptors (Lipinski definition) is 0. The monoisotopic (exact) mass is 106 g/mol. The van der Waals surface area contributed by atoms with Gasteiger partial charge in [0.2, 0.25) is 0 Å². The summed E-state index contributed by atoms with van der Waals surface area (Å²) in [5.74, 6) is 8.68. The van der Waals surface area contributed by atoms with Gasteiger partial charge in [-0.2, -0.15) is 0 Å². The first kappa shape index (κ1) is 7.12. The van der Waals surface area contributed by atoms with Crippen LogP contribution >= 0.6 is 0 Å². The van der Waals surface area contributed by atoms with Crippen LogP contribution in [0, 0.1) is 30.1 Å². The van der Waals surface area contributed by atoms with E-state index in [1.807, 2.05) is 13.8 Å². The SMILES string of the molecule is C#CCC(C)C#CC. The van der Waals surface area contributed by atoms with Crippen LogP contribution in [0.15, 0.2) is 0 Å². The van der Waals surface area contributed by atoms with Gasteiger partial charge in [-0.05, 0) is 6.92 Å². The van der Waals surface area contributed by atoms with E-state index in [1.165, 1.54) is 0 Å². The van der Waals surface area contributed by atoms with Crippen LogP contribution in [0.4, 0.5) is 0 Å². The largest absolute Gasteiger partial charge is 0.120 e. The van der Waals surface area contributed by atoms with E-state index in [1.54, 1.807) is 0 Å². The first-order valence-electron chi connectivity index (χ1n) is 2.67. The zero-order valence-corrected chi connectivity index (χ0v) is 5.36. The lowest BCUT2D eigenvalue weighted by molar-refractivity contribution is 0.789. The van der Waals surface area contributed by atoms with E-state index in [-0.39, 0.29) is 0 Å². The van der Waals surface area contributed by atoms with Crippen LogP contribution in [0.25, 0.3) is 0 Å². The molecule has 0 N–H and O–H groups in total. The molecule has 0 bridgehead atoms. The molecule has 0 heteroatoms. The topological polar surface area (TPSA) is 0 Å². The summed E-state index contributed by atoms with van der Waals surface area (Å²) in [7, 11) is 0. The summed E-state index contributed by atoms with van der Waals surface area (Å²) in [4.78, 5) is 0. The second-order valence-electron chi connectivity index (χ2n) is 1.70. The van der Waals surface area contributed by atoms with Gasteiger partial charge in [0, 0.05) is 12.3 Å². The Hall–Kier alpha value is -0.880. The van der Waals surface area contributed by atoms with Crippen molar-refractivity contribution in [3.05, 3.63) is 0 Å². The molecule has 0 fully saturated rings. The maximum Gasteiger partial charge on any atom is 0.0283 e. The molecule has 0 saturated carbocycles. The van der Waals surface area contributed by atoms with Gasteiger partial charge in [0.1, 0.15) is 0 Å². The molecule has 0 radical (unpaired) electrons. The van der Waals surface area contributed by atoms with Crippen LogP contribution in [-0.4, -0.2) is 0 Å². The van der Waals surface area contributed by atoms with Gasteiger partial charge in [-0.25, -0.2) is 0 Å². The number of rotatable bonds is 1. The van der Waals surface area contributed by atoms with Crippen LogP contribution in [-0.2, 0) is 0 Å². The normalized spacial score (nSPS) is 10.6. The van der Waals surface area contributed by atoms with E-state index >= 15 is 0 Å². The van der Waals surface area contributed by atoms with E-state index in [9.17, 15) is 0 Å². The quantitative estimate of drug-likeness (QED) is 0.446. The standard InChI is InChI=1S/C8H10/c1-4-6-8(3)7-5-2/h1,8H,6H2,2-3H3. The van der Waals surface area contributed by atoms with Crippen molar-refractivity contribution in [2.75, 3.05) is 0 Å². The van der Waals surface area contributed by atoms with Gasteiger partial charge < -0.3 is 0 Å². The van der Waals surface area contributed by atoms with Crippen molar-refractivity contribution in [3.8, 4) is 24.2 Å². The van der Waals surface area contributed by atoms with Crippen LogP contribution in [0.3, 0.4) is 0 Å². The molecule has 0 aromatic carbocycles. The summed E-state index contributed by atoms with van der Waals surface area (Å²) in [5.41, 5.74) is 0. The van der Waals surface area contributed by atoms with Crippen molar-refractivity contribution in [2.24, 2.45) is 5.92 Å². The molecule has 0 aliphatic rings. The van der Waals surface area contributed by atoms with Gasteiger partial charge in [0.05, 0.1) is 0 Å². The Balaban J connectivity index is 3.47. The lowest BCUT2D eigenvalue weighted by Crippen LogP contribution is -1.85. The Bertz CT molecular complexity index is 138. The number of hydrogen-bond donors (Lipinski definition) is 0. The van der Waals surface area contributed by atoms with Crippen molar-refractivity contribution in [1.29, 1.82) is 0 Å². The molecular weight excluding hydrogens is 96.1 g/mol. The summed E-state index contributed by atoms with van der Waals surface area (Å²) >= 11 is 0. The minimum Gasteiger partial charge on any atom is -0.120 e. The number of terminal acetylenes is 1. The average molecular weight is 106 g/mol. The summed E-state index contributed by atoms with van der Waals surface area (Å²) in [5, 5.41) is 0. The lowest BCUT2D eigenvalue weighted by Gasteiger charge is -1.91. The molecule has 0 rings (SSSR count). The predicted octanol–water partition coefficient (Wildman–Crippen LogP) is 1.67. The second kappa shape index (κ2) is 4.28. The van der Waals surface area contributed by atoms with Gasteiger partial charge in [-0.3, -0.25) is 0 Å². The third-order valence-corrected chi connectivity index (χ3v) is 0.815. The van der Waals surface area contributed by atoms with Crippen molar-refractivity contribution < 1.29 is 0 Å². The Morgan fingerprint density at radius 1 is 1.62 bits per heavy atom. The maximum atomic E-state index is 5.04. The highest BCUT2D eigenvalue weighted by molar-refractivity contribution is 5.03. The van der Waals surface area contributed by atoms with Crippen LogP contribution in [0.5, 0.6) is 0 Å². The van der Waals surface area contributed by atoms with Gasteiger partial charge in [-0.15, -0.1) is 18.3 Å². The molecule has 0 heterocycles. The third-order valence-electron chi connectivity index (χ3n) is 0.815. The summed E-state index contributed by atoms with van der Waals surface area (Å²) in [6, 6.07) is 0. The highest BCUT2D eigenvalue weighted by atomic mass is 13.9. The van der Waals surface area contributed by atoms with E-state index in [0.29, 0.717) is 5.92 Å². The first-order chi connectivity index (χ1) is 3.81. The second-order valence-corrected chi connectivity index (χ2v) is 1.70. The fraction of sp³-hybridized carbons (Fsp3) is 0.500. The lowest BCUT2D eigenvalue weighted by atomic mass is 10.1. The van der Waals surface area contributed by atoms with Gasteiger partial charge in [-0.1, -0.05) is 12.8 Å². The van der Waals surface area contributed by atoms with Gasteiger partial charge >= 0.3 is 0 Å². The smallest absolute Gasteiger partial charge is 0.0283 e. The van der Waals surface area contributed by atoms with E-state index < -0.39 is 0 Å². The fourth-order valence-corrected chi connectivity index (χ4v) is 0.474. The molecule has 0 aromatic rings. The minimum absolute atomic E-state index is 0.366. The Morgan fingerprint density at radius 2 is 2.25 bits per heavy atom. The van der Waals surface area contributed by atoms with Crippen molar-refractivity contribution in [1.82, 2.24) is 0 Å². The summed E-state index contributed by atoms with van der Waals surface area (Å²) in [6.07, 6.45) is 5.81. The van der Waals surface area contributed by atoms with E-state index in [2.05, 4.69) is 17.8 Å². The molecule has 0 nitrogen and oxygen atoms in total. The maximum absolute atomic E-state index is 5.04. The van der Waals surface area contributed by atoms with Gasteiger partial charge in [0.15, 0.2) is 0 Å². The molecule has 8 heavy (non-hydrogen) atoms. The average Bonchev–Trinajstić information content (AvgIpc) is 1.68.